The number of hydrogen-bond donors (Lipinski definition) is 1. The van der Waals surface area contributed by atoms with Crippen LogP contribution in [-0.4, -0.2) is 41.3 Å². The number of unbranched alkanes of at least 4 members (excludes halogenated alkanes) is 1. The minimum Gasteiger partial charge on any atom is -0.507 e. The van der Waals surface area contributed by atoms with Crippen LogP contribution < -0.4 is 9.47 Å². The van der Waals surface area contributed by atoms with Gasteiger partial charge in [0.15, 0.2) is 0 Å². The lowest BCUT2D eigenvalue weighted by atomic mass is 9.94. The number of methoxy groups -OCH3 is 1. The van der Waals surface area contributed by atoms with E-state index >= 15 is 0 Å². The Morgan fingerprint density at radius 1 is 1.21 bits per heavy atom. The standard InChI is InChI=1S/C25H26ClNO6/c1-5-6-10-27-21(16-8-7-9-17(13-16)33-15(3)28)20(23(30)25(27)31)22(29)18-11-14(2)12-19(26)24(18)32-4/h7-9,11-13,21,29H,5-6,10H2,1-4H3/b22-20+. The molecule has 1 saturated heterocycles. The molecule has 0 saturated carbocycles. The summed E-state index contributed by atoms with van der Waals surface area (Å²) >= 11 is 6.30. The monoisotopic (exact) mass is 471 g/mol. The van der Waals surface area contributed by atoms with Gasteiger partial charge in [0.05, 0.1) is 29.3 Å². The summed E-state index contributed by atoms with van der Waals surface area (Å²) in [7, 11) is 1.41. The predicted octanol–water partition coefficient (Wildman–Crippen LogP) is 4.80. The second-order valence-electron chi connectivity index (χ2n) is 7.84. The number of hydrogen-bond acceptors (Lipinski definition) is 6. The van der Waals surface area contributed by atoms with E-state index in [1.807, 2.05) is 6.92 Å². The highest BCUT2D eigenvalue weighted by molar-refractivity contribution is 6.46. The van der Waals surface area contributed by atoms with Crippen molar-refractivity contribution in [3.8, 4) is 11.5 Å². The van der Waals surface area contributed by atoms with Gasteiger partial charge in [0.25, 0.3) is 11.7 Å². The van der Waals surface area contributed by atoms with E-state index in [-0.39, 0.29) is 33.4 Å². The molecule has 1 amide bonds. The van der Waals surface area contributed by atoms with E-state index in [4.69, 9.17) is 21.1 Å². The summed E-state index contributed by atoms with van der Waals surface area (Å²) < 4.78 is 10.6. The van der Waals surface area contributed by atoms with Crippen LogP contribution in [0.1, 0.15) is 49.4 Å². The van der Waals surface area contributed by atoms with Gasteiger partial charge in [-0.25, -0.2) is 0 Å². The quantitative estimate of drug-likeness (QED) is 0.205. The van der Waals surface area contributed by atoms with Gasteiger partial charge in [-0.2, -0.15) is 0 Å². The van der Waals surface area contributed by atoms with Crippen LogP contribution in [0.2, 0.25) is 5.02 Å². The molecule has 33 heavy (non-hydrogen) atoms. The summed E-state index contributed by atoms with van der Waals surface area (Å²) in [6, 6.07) is 9.03. The fourth-order valence-electron chi connectivity index (χ4n) is 3.96. The number of ketones is 1. The van der Waals surface area contributed by atoms with Gasteiger partial charge in [0.1, 0.15) is 17.3 Å². The zero-order chi connectivity index (χ0) is 24.3. The molecule has 0 bridgehead atoms. The number of benzene rings is 2. The second-order valence-corrected chi connectivity index (χ2v) is 8.25. The van der Waals surface area contributed by atoms with Crippen LogP contribution in [0.25, 0.3) is 5.76 Å². The molecule has 3 rings (SSSR count). The predicted molar refractivity (Wildman–Crippen MR) is 124 cm³/mol. The first-order chi connectivity index (χ1) is 15.7. The van der Waals surface area contributed by atoms with Gasteiger partial charge in [0, 0.05) is 13.5 Å². The molecule has 0 radical (unpaired) electrons. The van der Waals surface area contributed by atoms with Crippen LogP contribution in [0.3, 0.4) is 0 Å². The summed E-state index contributed by atoms with van der Waals surface area (Å²) in [6.07, 6.45) is 1.48. The molecule has 1 atom stereocenters. The second kappa shape index (κ2) is 10.1. The third-order valence-corrected chi connectivity index (χ3v) is 5.66. The molecule has 2 aromatic carbocycles. The Hall–Kier alpha value is -3.32. The van der Waals surface area contributed by atoms with Gasteiger partial charge in [-0.3, -0.25) is 14.4 Å². The number of carbonyl (C=O) groups excluding carboxylic acids is 3. The molecule has 1 fully saturated rings. The molecule has 8 heteroatoms. The first kappa shape index (κ1) is 24.3. The zero-order valence-electron chi connectivity index (χ0n) is 19.0. The summed E-state index contributed by atoms with van der Waals surface area (Å²) in [5.74, 6) is -1.90. The largest absolute Gasteiger partial charge is 0.507 e. The highest BCUT2D eigenvalue weighted by Crippen LogP contribution is 2.43. The Balaban J connectivity index is 2.25. The van der Waals surface area contributed by atoms with Gasteiger partial charge in [-0.15, -0.1) is 0 Å². The molecular formula is C25H26ClNO6. The molecule has 1 aliphatic heterocycles. The van der Waals surface area contributed by atoms with Crippen molar-refractivity contribution >= 4 is 35.0 Å². The number of carbonyl (C=O) groups is 3. The number of nitrogens with zero attached hydrogens (tertiary/aromatic N) is 1. The molecule has 1 unspecified atom stereocenters. The Morgan fingerprint density at radius 2 is 1.94 bits per heavy atom. The lowest BCUT2D eigenvalue weighted by Gasteiger charge is -2.25. The summed E-state index contributed by atoms with van der Waals surface area (Å²) in [5, 5.41) is 11.6. The Kier molecular flexibility index (Phi) is 7.43. The fraction of sp³-hybridized carbons (Fsp3) is 0.320. The average Bonchev–Trinajstić information content (AvgIpc) is 3.01. The van der Waals surface area contributed by atoms with Gasteiger partial charge in [-0.1, -0.05) is 37.1 Å². The van der Waals surface area contributed by atoms with Gasteiger partial charge in [0.2, 0.25) is 0 Å². The van der Waals surface area contributed by atoms with E-state index in [1.54, 1.807) is 43.3 Å². The maximum atomic E-state index is 13.1. The number of rotatable bonds is 7. The zero-order valence-corrected chi connectivity index (χ0v) is 19.7. The number of ether oxygens (including phenoxy) is 2. The third kappa shape index (κ3) is 4.88. The molecule has 2 aromatic rings. The van der Waals surface area contributed by atoms with E-state index in [1.165, 1.54) is 18.9 Å². The Bertz CT molecular complexity index is 1140. The summed E-state index contributed by atoms with van der Waals surface area (Å²) in [6.45, 7) is 5.38. The lowest BCUT2D eigenvalue weighted by molar-refractivity contribution is -0.139. The van der Waals surface area contributed by atoms with Crippen LogP contribution in [0.15, 0.2) is 42.0 Å². The van der Waals surface area contributed by atoms with Crippen LogP contribution in [0, 0.1) is 6.92 Å². The van der Waals surface area contributed by atoms with Crippen molar-refractivity contribution in [1.29, 1.82) is 0 Å². The van der Waals surface area contributed by atoms with Crippen molar-refractivity contribution in [2.24, 2.45) is 0 Å². The fourth-order valence-corrected chi connectivity index (χ4v) is 4.31. The van der Waals surface area contributed by atoms with E-state index in [2.05, 4.69) is 0 Å². The van der Waals surface area contributed by atoms with Crippen LogP contribution in [-0.2, 0) is 14.4 Å². The molecular weight excluding hydrogens is 446 g/mol. The molecule has 7 nitrogen and oxygen atoms in total. The smallest absolute Gasteiger partial charge is 0.308 e. The van der Waals surface area contributed by atoms with Gasteiger partial charge in [-0.05, 0) is 48.7 Å². The maximum Gasteiger partial charge on any atom is 0.308 e. The van der Waals surface area contributed by atoms with Crippen molar-refractivity contribution in [2.45, 2.75) is 39.7 Å². The van der Waals surface area contributed by atoms with Crippen molar-refractivity contribution in [1.82, 2.24) is 4.90 Å². The van der Waals surface area contributed by atoms with E-state index < -0.39 is 23.7 Å². The SMILES string of the molecule is CCCCN1C(=O)C(=O)/C(=C(/O)c2cc(C)cc(Cl)c2OC)C1c1cccc(OC(C)=O)c1. The first-order valence-electron chi connectivity index (χ1n) is 10.6. The number of aliphatic hydroxyl groups excluding tert-OH is 1. The average molecular weight is 472 g/mol. The molecule has 174 valence electrons. The third-order valence-electron chi connectivity index (χ3n) is 5.38. The van der Waals surface area contributed by atoms with Crippen molar-refractivity contribution in [3.63, 3.8) is 0 Å². The minimum absolute atomic E-state index is 0.0731. The van der Waals surface area contributed by atoms with Crippen molar-refractivity contribution in [2.75, 3.05) is 13.7 Å². The normalized spacial score (nSPS) is 17.4. The molecule has 1 heterocycles. The van der Waals surface area contributed by atoms with Crippen LogP contribution in [0.4, 0.5) is 0 Å². The first-order valence-corrected chi connectivity index (χ1v) is 11.0. The minimum atomic E-state index is -0.865. The molecule has 0 aliphatic carbocycles. The van der Waals surface area contributed by atoms with Crippen molar-refractivity contribution < 1.29 is 29.0 Å². The van der Waals surface area contributed by atoms with Gasteiger partial charge >= 0.3 is 5.97 Å². The van der Waals surface area contributed by atoms with E-state index in [0.717, 1.165) is 12.0 Å². The van der Waals surface area contributed by atoms with Gasteiger partial charge < -0.3 is 19.5 Å². The number of esters is 1. The molecule has 0 aromatic heterocycles. The number of Topliss-reactive ketones (excluding diaryl/α,β-unsaturated/α-hetero) is 1. The lowest BCUT2D eigenvalue weighted by Crippen LogP contribution is -2.30. The number of amides is 1. The van der Waals surface area contributed by atoms with Crippen LogP contribution >= 0.6 is 11.6 Å². The van der Waals surface area contributed by atoms with Crippen molar-refractivity contribution in [3.05, 3.63) is 63.7 Å². The number of aliphatic hydroxyl groups is 1. The van der Waals surface area contributed by atoms with E-state index in [9.17, 15) is 19.5 Å². The van der Waals surface area contributed by atoms with E-state index in [0.29, 0.717) is 18.5 Å². The Labute approximate surface area is 197 Å². The summed E-state index contributed by atoms with van der Waals surface area (Å²) in [5.41, 5.74) is 1.42. The maximum absolute atomic E-state index is 13.1. The Morgan fingerprint density at radius 3 is 2.58 bits per heavy atom. The number of likely N-dealkylation sites (tertiary alicyclic amines) is 1. The topological polar surface area (TPSA) is 93.1 Å². The van der Waals surface area contributed by atoms with Crippen LogP contribution in [0.5, 0.6) is 11.5 Å². The molecule has 1 N–H and O–H groups in total. The highest BCUT2D eigenvalue weighted by Gasteiger charge is 2.46. The number of halogens is 1. The summed E-state index contributed by atoms with van der Waals surface area (Å²) in [4.78, 5) is 39.0. The number of aryl methyl sites for hydroxylation is 1. The highest BCUT2D eigenvalue weighted by atomic mass is 35.5. The molecule has 1 aliphatic rings. The molecule has 0 spiro atoms.